The highest BCUT2D eigenvalue weighted by molar-refractivity contribution is 6.32. The molecule has 132 valence electrons. The smallest absolute Gasteiger partial charge is 0.387 e. The van der Waals surface area contributed by atoms with Gasteiger partial charge in [-0.25, -0.2) is 5.43 Å². The second-order valence-electron chi connectivity index (χ2n) is 4.86. The van der Waals surface area contributed by atoms with Gasteiger partial charge in [0, 0.05) is 5.56 Å². The molecule has 0 radical (unpaired) electrons. The van der Waals surface area contributed by atoms with Crippen LogP contribution in [0, 0.1) is 0 Å². The van der Waals surface area contributed by atoms with Crippen LogP contribution < -0.4 is 14.9 Å². The molecule has 2 aromatic rings. The van der Waals surface area contributed by atoms with E-state index in [1.54, 1.807) is 43.3 Å². The summed E-state index contributed by atoms with van der Waals surface area (Å²) in [6, 6.07) is 12.8. The van der Waals surface area contributed by atoms with Crippen LogP contribution in [0.3, 0.4) is 0 Å². The van der Waals surface area contributed by atoms with Gasteiger partial charge in [0.05, 0.1) is 10.7 Å². The first kappa shape index (κ1) is 18.7. The number of hydrogen-bond donors (Lipinski definition) is 1. The highest BCUT2D eigenvalue weighted by Gasteiger charge is 2.07. The van der Waals surface area contributed by atoms with E-state index in [4.69, 9.17) is 16.3 Å². The zero-order valence-electron chi connectivity index (χ0n) is 13.2. The predicted molar refractivity (Wildman–Crippen MR) is 90.4 cm³/mol. The van der Waals surface area contributed by atoms with Crippen molar-refractivity contribution in [1.29, 1.82) is 0 Å². The Bertz CT molecular complexity index is 769. The normalized spacial score (nSPS) is 11.3. The van der Waals surface area contributed by atoms with Crippen molar-refractivity contribution in [3.8, 4) is 11.5 Å². The molecule has 0 bridgehead atoms. The Balaban J connectivity index is 1.92. The molecule has 0 aliphatic heterocycles. The standard InChI is InChI=1S/C17H15ClF2N2O3/c1-11(12-5-4-6-13(9-12)25-17(19)20)21-22-16(23)10-24-15-8-3-2-7-14(15)18/h2-9,17H,10H2,1H3,(H,22,23)/b21-11-. The molecule has 0 atom stereocenters. The summed E-state index contributed by atoms with van der Waals surface area (Å²) in [5, 5.41) is 4.30. The molecule has 5 nitrogen and oxygen atoms in total. The largest absolute Gasteiger partial charge is 0.482 e. The van der Waals surface area contributed by atoms with Crippen LogP contribution in [-0.4, -0.2) is 24.8 Å². The molecule has 0 spiro atoms. The monoisotopic (exact) mass is 368 g/mol. The Morgan fingerprint density at radius 3 is 2.72 bits per heavy atom. The Morgan fingerprint density at radius 1 is 1.24 bits per heavy atom. The fraction of sp³-hybridized carbons (Fsp3) is 0.176. The number of carbonyl (C=O) groups is 1. The Hall–Kier alpha value is -2.67. The van der Waals surface area contributed by atoms with Crippen LogP contribution in [0.25, 0.3) is 0 Å². The minimum Gasteiger partial charge on any atom is -0.482 e. The second-order valence-corrected chi connectivity index (χ2v) is 5.26. The first-order valence-electron chi connectivity index (χ1n) is 7.21. The van der Waals surface area contributed by atoms with Crippen LogP contribution in [0.4, 0.5) is 8.78 Å². The number of nitrogens with zero attached hydrogens (tertiary/aromatic N) is 1. The number of carbonyl (C=O) groups excluding carboxylic acids is 1. The van der Waals surface area contributed by atoms with Crippen molar-refractivity contribution in [1.82, 2.24) is 5.43 Å². The lowest BCUT2D eigenvalue weighted by Crippen LogP contribution is -2.25. The Labute approximate surface area is 148 Å². The Kier molecular flexibility index (Phi) is 6.71. The van der Waals surface area contributed by atoms with Crippen LogP contribution in [0.15, 0.2) is 53.6 Å². The molecule has 0 heterocycles. The molecular formula is C17H15ClF2N2O3. The molecule has 1 amide bonds. The van der Waals surface area contributed by atoms with Crippen molar-refractivity contribution in [2.45, 2.75) is 13.5 Å². The van der Waals surface area contributed by atoms with Gasteiger partial charge in [-0.2, -0.15) is 13.9 Å². The predicted octanol–water partition coefficient (Wildman–Crippen LogP) is 3.86. The number of alkyl halides is 2. The molecule has 1 N–H and O–H groups in total. The van der Waals surface area contributed by atoms with E-state index in [1.165, 1.54) is 12.1 Å². The zero-order valence-corrected chi connectivity index (χ0v) is 14.0. The van der Waals surface area contributed by atoms with Crippen LogP contribution in [0.1, 0.15) is 12.5 Å². The Morgan fingerprint density at radius 2 is 2.00 bits per heavy atom. The number of nitrogens with one attached hydrogen (secondary N) is 1. The van der Waals surface area contributed by atoms with Crippen molar-refractivity contribution in [3.05, 3.63) is 59.1 Å². The van der Waals surface area contributed by atoms with E-state index >= 15 is 0 Å². The summed E-state index contributed by atoms with van der Waals surface area (Å²) in [7, 11) is 0. The van der Waals surface area contributed by atoms with E-state index < -0.39 is 12.5 Å². The fourth-order valence-electron chi connectivity index (χ4n) is 1.85. The topological polar surface area (TPSA) is 59.9 Å². The summed E-state index contributed by atoms with van der Waals surface area (Å²) < 4.78 is 34.1. The summed E-state index contributed by atoms with van der Waals surface area (Å²) in [6.45, 7) is -1.56. The maximum Gasteiger partial charge on any atom is 0.387 e. The minimum absolute atomic E-state index is 0.00966. The zero-order chi connectivity index (χ0) is 18.2. The molecule has 2 aromatic carbocycles. The molecule has 0 aliphatic carbocycles. The number of benzene rings is 2. The van der Waals surface area contributed by atoms with Gasteiger partial charge in [-0.15, -0.1) is 0 Å². The number of hydrazone groups is 1. The highest BCUT2D eigenvalue weighted by atomic mass is 35.5. The van der Waals surface area contributed by atoms with Crippen LogP contribution >= 0.6 is 11.6 Å². The lowest BCUT2D eigenvalue weighted by atomic mass is 10.1. The van der Waals surface area contributed by atoms with Gasteiger partial charge in [0.25, 0.3) is 5.91 Å². The van der Waals surface area contributed by atoms with Gasteiger partial charge in [-0.3, -0.25) is 4.79 Å². The van der Waals surface area contributed by atoms with Crippen molar-refractivity contribution in [3.63, 3.8) is 0 Å². The third-order valence-electron chi connectivity index (χ3n) is 3.02. The maximum absolute atomic E-state index is 12.2. The number of amides is 1. The average Bonchev–Trinajstić information content (AvgIpc) is 2.58. The average molecular weight is 369 g/mol. The van der Waals surface area contributed by atoms with Crippen molar-refractivity contribution >= 4 is 23.2 Å². The number of ether oxygens (including phenoxy) is 2. The quantitative estimate of drug-likeness (QED) is 0.596. The van der Waals surface area contributed by atoms with Crippen LogP contribution in [0.2, 0.25) is 5.02 Å². The molecule has 0 fully saturated rings. The summed E-state index contributed by atoms with van der Waals surface area (Å²) in [6.07, 6.45) is 0. The SMILES string of the molecule is C/C(=N/NC(=O)COc1ccccc1Cl)c1cccc(OC(F)F)c1. The molecule has 0 unspecified atom stereocenters. The third kappa shape index (κ3) is 6.04. The number of halogens is 3. The lowest BCUT2D eigenvalue weighted by Gasteiger charge is -2.08. The van der Waals surface area contributed by atoms with Gasteiger partial charge in [0.1, 0.15) is 11.5 Å². The number of para-hydroxylation sites is 1. The van der Waals surface area contributed by atoms with Gasteiger partial charge < -0.3 is 9.47 Å². The maximum atomic E-state index is 12.2. The van der Waals surface area contributed by atoms with E-state index in [2.05, 4.69) is 15.3 Å². The molecule has 0 aliphatic rings. The van der Waals surface area contributed by atoms with Gasteiger partial charge in [-0.05, 0) is 31.2 Å². The fourth-order valence-corrected chi connectivity index (χ4v) is 2.04. The summed E-state index contributed by atoms with van der Waals surface area (Å²) >= 11 is 5.92. The molecule has 8 heteroatoms. The molecule has 0 saturated carbocycles. The van der Waals surface area contributed by atoms with Crippen molar-refractivity contribution in [2.75, 3.05) is 6.61 Å². The van der Waals surface area contributed by atoms with E-state index in [9.17, 15) is 13.6 Å². The van der Waals surface area contributed by atoms with E-state index in [1.807, 2.05) is 0 Å². The molecule has 0 saturated heterocycles. The van der Waals surface area contributed by atoms with Gasteiger partial charge in [0.15, 0.2) is 6.61 Å². The van der Waals surface area contributed by atoms with Gasteiger partial charge >= 0.3 is 6.61 Å². The summed E-state index contributed by atoms with van der Waals surface area (Å²) in [5.41, 5.74) is 3.28. The van der Waals surface area contributed by atoms with Crippen LogP contribution in [0.5, 0.6) is 11.5 Å². The highest BCUT2D eigenvalue weighted by Crippen LogP contribution is 2.22. The molecular weight excluding hydrogens is 354 g/mol. The molecule has 2 rings (SSSR count). The molecule has 25 heavy (non-hydrogen) atoms. The number of hydrogen-bond acceptors (Lipinski definition) is 4. The second kappa shape index (κ2) is 8.98. The van der Waals surface area contributed by atoms with E-state index in [0.717, 1.165) is 0 Å². The summed E-state index contributed by atoms with van der Waals surface area (Å²) in [5.74, 6) is -0.0912. The van der Waals surface area contributed by atoms with Gasteiger partial charge in [0.2, 0.25) is 0 Å². The first-order valence-corrected chi connectivity index (χ1v) is 7.59. The first-order chi connectivity index (χ1) is 12.0. The van der Waals surface area contributed by atoms with Crippen molar-refractivity contribution in [2.24, 2.45) is 5.10 Å². The van der Waals surface area contributed by atoms with E-state index in [0.29, 0.717) is 22.0 Å². The van der Waals surface area contributed by atoms with E-state index in [-0.39, 0.29) is 12.4 Å². The molecule has 0 aromatic heterocycles. The summed E-state index contributed by atoms with van der Waals surface area (Å²) in [4.78, 5) is 11.8. The van der Waals surface area contributed by atoms with Crippen molar-refractivity contribution < 1.29 is 23.0 Å². The minimum atomic E-state index is -2.91. The lowest BCUT2D eigenvalue weighted by molar-refractivity contribution is -0.123. The number of rotatable bonds is 7. The van der Waals surface area contributed by atoms with Crippen LogP contribution in [-0.2, 0) is 4.79 Å². The van der Waals surface area contributed by atoms with Gasteiger partial charge in [-0.1, -0.05) is 35.9 Å². The third-order valence-corrected chi connectivity index (χ3v) is 3.33.